The van der Waals surface area contributed by atoms with Gasteiger partial charge >= 0.3 is 12.4 Å². The number of alkyl halides is 6. The van der Waals surface area contributed by atoms with Crippen LogP contribution in [0.5, 0.6) is 0 Å². The highest BCUT2D eigenvalue weighted by Gasteiger charge is 2.37. The van der Waals surface area contributed by atoms with E-state index in [1.807, 2.05) is 6.92 Å². The molecular weight excluding hydrogens is 464 g/mol. The molecule has 190 valence electrons. The maximum Gasteiger partial charge on any atom is 0.416 e. The van der Waals surface area contributed by atoms with E-state index in [-0.39, 0.29) is 18.5 Å². The molecule has 1 aromatic carbocycles. The van der Waals surface area contributed by atoms with Gasteiger partial charge in [0.1, 0.15) is 0 Å². The number of benzene rings is 1. The fraction of sp³-hybridized carbons (Fsp3) is 0.609. The van der Waals surface area contributed by atoms with E-state index >= 15 is 0 Å². The largest absolute Gasteiger partial charge is 0.416 e. The predicted octanol–water partition coefficient (Wildman–Crippen LogP) is 5.15. The lowest BCUT2D eigenvalue weighted by atomic mass is 9.90. The van der Waals surface area contributed by atoms with E-state index in [0.717, 1.165) is 51.0 Å². The summed E-state index contributed by atoms with van der Waals surface area (Å²) in [6.45, 7) is 4.92. The summed E-state index contributed by atoms with van der Waals surface area (Å²) >= 11 is 0. The molecule has 1 saturated heterocycles. The van der Waals surface area contributed by atoms with Crippen molar-refractivity contribution >= 4 is 5.91 Å². The number of nitrogens with one attached hydrogen (secondary N) is 2. The summed E-state index contributed by atoms with van der Waals surface area (Å²) in [6.07, 6.45) is -5.18. The summed E-state index contributed by atoms with van der Waals surface area (Å²) in [6, 6.07) is 0.919. The van der Waals surface area contributed by atoms with Crippen LogP contribution < -0.4 is 10.8 Å². The molecule has 0 unspecified atom stereocenters. The standard InChI is InChI=1S/C23H29F6N3O2/c1-2-34-31-20(16-4-3-5-16)14-32-8-6-15(7-9-32)13-30-21(33)17-10-18(22(24,25)26)12-19(11-17)23(27,28)29/h10-12,15,31H,2-9,13-14H2,1H3,(H,30,33). The number of piperidine rings is 1. The molecule has 1 heterocycles. The molecule has 3 rings (SSSR count). The Morgan fingerprint density at radius 3 is 2.09 bits per heavy atom. The van der Waals surface area contributed by atoms with Gasteiger partial charge in [0.15, 0.2) is 0 Å². The van der Waals surface area contributed by atoms with Crippen molar-refractivity contribution in [1.82, 2.24) is 15.7 Å². The Kier molecular flexibility index (Phi) is 8.51. The molecule has 0 bridgehead atoms. The minimum Gasteiger partial charge on any atom is -0.352 e. The van der Waals surface area contributed by atoms with Crippen LogP contribution in [-0.4, -0.2) is 43.6 Å². The number of carbonyl (C=O) groups is 1. The molecule has 0 atom stereocenters. The van der Waals surface area contributed by atoms with Crippen molar-refractivity contribution in [3.63, 3.8) is 0 Å². The number of allylic oxidation sites excluding steroid dienone is 1. The zero-order valence-electron chi connectivity index (χ0n) is 18.9. The van der Waals surface area contributed by atoms with Gasteiger partial charge in [0.2, 0.25) is 0 Å². The molecule has 2 aliphatic rings. The summed E-state index contributed by atoms with van der Waals surface area (Å²) in [7, 11) is 0. The minimum atomic E-state index is -4.99. The number of rotatable bonds is 8. The Labute approximate surface area is 194 Å². The molecule has 1 aliphatic heterocycles. The van der Waals surface area contributed by atoms with Crippen molar-refractivity contribution in [2.24, 2.45) is 5.92 Å². The number of carbonyl (C=O) groups excluding carboxylic acids is 1. The van der Waals surface area contributed by atoms with E-state index in [1.165, 1.54) is 12.0 Å². The first-order valence-corrected chi connectivity index (χ1v) is 11.4. The molecule has 0 aromatic heterocycles. The molecule has 0 spiro atoms. The number of hydroxylamine groups is 1. The summed E-state index contributed by atoms with van der Waals surface area (Å²) in [5, 5.41) is 2.51. The van der Waals surface area contributed by atoms with Crippen LogP contribution in [0, 0.1) is 5.92 Å². The smallest absolute Gasteiger partial charge is 0.352 e. The van der Waals surface area contributed by atoms with Crippen molar-refractivity contribution < 1.29 is 36.0 Å². The van der Waals surface area contributed by atoms with Crippen LogP contribution in [0.15, 0.2) is 29.5 Å². The van der Waals surface area contributed by atoms with E-state index in [1.54, 1.807) is 0 Å². The zero-order chi connectivity index (χ0) is 24.9. The average Bonchev–Trinajstić information content (AvgIpc) is 2.74. The van der Waals surface area contributed by atoms with Gasteiger partial charge in [-0.3, -0.25) is 20.0 Å². The molecule has 1 saturated carbocycles. The second-order valence-corrected chi connectivity index (χ2v) is 8.69. The van der Waals surface area contributed by atoms with Crippen molar-refractivity contribution in [2.75, 3.05) is 32.8 Å². The number of halogens is 6. The van der Waals surface area contributed by atoms with Gasteiger partial charge in [-0.25, -0.2) is 0 Å². The first-order valence-electron chi connectivity index (χ1n) is 11.4. The number of nitrogens with zero attached hydrogens (tertiary/aromatic N) is 1. The SMILES string of the molecule is CCONC(CN1CCC(CNC(=O)c2cc(C(F)(F)F)cc(C(F)(F)F)c2)CC1)=C1CCC1. The minimum absolute atomic E-state index is 0.0140. The molecule has 5 nitrogen and oxygen atoms in total. The van der Waals surface area contributed by atoms with Crippen LogP contribution in [0.4, 0.5) is 26.3 Å². The molecule has 1 aliphatic carbocycles. The highest BCUT2D eigenvalue weighted by molar-refractivity contribution is 5.94. The summed E-state index contributed by atoms with van der Waals surface area (Å²) in [4.78, 5) is 20.0. The van der Waals surface area contributed by atoms with Gasteiger partial charge in [-0.05, 0) is 81.8 Å². The molecule has 11 heteroatoms. The third-order valence-electron chi connectivity index (χ3n) is 6.21. The van der Waals surface area contributed by atoms with Crippen LogP contribution in [0.25, 0.3) is 0 Å². The number of hydrogen-bond acceptors (Lipinski definition) is 4. The Morgan fingerprint density at radius 1 is 1.03 bits per heavy atom. The zero-order valence-corrected chi connectivity index (χ0v) is 18.9. The normalized spacial score (nSPS) is 17.9. The first-order chi connectivity index (χ1) is 16.0. The lowest BCUT2D eigenvalue weighted by molar-refractivity contribution is -0.143. The molecule has 1 amide bonds. The van der Waals surface area contributed by atoms with Crippen LogP contribution >= 0.6 is 0 Å². The first kappa shape index (κ1) is 26.3. The van der Waals surface area contributed by atoms with Crippen LogP contribution in [-0.2, 0) is 17.2 Å². The maximum absolute atomic E-state index is 13.0. The Balaban J connectivity index is 1.54. The monoisotopic (exact) mass is 493 g/mol. The molecule has 34 heavy (non-hydrogen) atoms. The average molecular weight is 493 g/mol. The summed E-state index contributed by atoms with van der Waals surface area (Å²) in [5.41, 5.74) is 1.83. The number of hydrogen-bond donors (Lipinski definition) is 2. The second-order valence-electron chi connectivity index (χ2n) is 8.69. The van der Waals surface area contributed by atoms with Gasteiger partial charge in [-0.2, -0.15) is 26.3 Å². The van der Waals surface area contributed by atoms with Crippen LogP contribution in [0.3, 0.4) is 0 Å². The van der Waals surface area contributed by atoms with E-state index in [9.17, 15) is 31.1 Å². The second kappa shape index (κ2) is 11.0. The topological polar surface area (TPSA) is 53.6 Å². The van der Waals surface area contributed by atoms with Gasteiger partial charge < -0.3 is 5.32 Å². The summed E-state index contributed by atoms with van der Waals surface area (Å²) in [5.74, 6) is -0.857. The van der Waals surface area contributed by atoms with Crippen molar-refractivity contribution in [3.8, 4) is 0 Å². The van der Waals surface area contributed by atoms with Gasteiger partial charge in [0, 0.05) is 18.7 Å². The highest BCUT2D eigenvalue weighted by Crippen LogP contribution is 2.36. The van der Waals surface area contributed by atoms with Gasteiger partial charge in [0.25, 0.3) is 5.91 Å². The third kappa shape index (κ3) is 7.11. The van der Waals surface area contributed by atoms with Crippen LogP contribution in [0.1, 0.15) is 60.5 Å². The van der Waals surface area contributed by atoms with Gasteiger partial charge in [0.05, 0.1) is 23.4 Å². The molecule has 1 aromatic rings. The predicted molar refractivity (Wildman–Crippen MR) is 114 cm³/mol. The van der Waals surface area contributed by atoms with E-state index in [2.05, 4.69) is 15.7 Å². The lowest BCUT2D eigenvalue weighted by Gasteiger charge is -2.34. The maximum atomic E-state index is 13.0. The van der Waals surface area contributed by atoms with Crippen molar-refractivity contribution in [2.45, 2.75) is 51.4 Å². The fourth-order valence-electron chi connectivity index (χ4n) is 4.03. The van der Waals surface area contributed by atoms with Gasteiger partial charge in [-0.1, -0.05) is 0 Å². The fourth-order valence-corrected chi connectivity index (χ4v) is 4.03. The number of likely N-dealkylation sites (tertiary alicyclic amines) is 1. The van der Waals surface area contributed by atoms with Crippen molar-refractivity contribution in [3.05, 3.63) is 46.2 Å². The lowest BCUT2D eigenvalue weighted by Crippen LogP contribution is -2.41. The number of amides is 1. The van der Waals surface area contributed by atoms with Crippen molar-refractivity contribution in [1.29, 1.82) is 0 Å². The Hall–Kier alpha value is -2.27. The molecule has 2 N–H and O–H groups in total. The van der Waals surface area contributed by atoms with E-state index in [0.29, 0.717) is 18.7 Å². The molecular formula is C23H29F6N3O2. The quantitative estimate of drug-likeness (QED) is 0.389. The summed E-state index contributed by atoms with van der Waals surface area (Å²) < 4.78 is 78.2. The third-order valence-corrected chi connectivity index (χ3v) is 6.21. The highest BCUT2D eigenvalue weighted by atomic mass is 19.4. The van der Waals surface area contributed by atoms with E-state index in [4.69, 9.17) is 4.84 Å². The molecule has 0 radical (unpaired) electrons. The van der Waals surface area contributed by atoms with Crippen LogP contribution in [0.2, 0.25) is 0 Å². The van der Waals surface area contributed by atoms with E-state index < -0.39 is 35.0 Å². The Bertz CT molecular complexity index is 851. The molecule has 2 fully saturated rings. The van der Waals surface area contributed by atoms with Gasteiger partial charge in [-0.15, -0.1) is 0 Å². The Morgan fingerprint density at radius 2 is 1.62 bits per heavy atom.